The summed E-state index contributed by atoms with van der Waals surface area (Å²) in [4.78, 5) is 29.4. The molecule has 0 unspecified atom stereocenters. The Morgan fingerprint density at radius 3 is 3.00 bits per heavy atom. The first-order valence-electron chi connectivity index (χ1n) is 7.02. The van der Waals surface area contributed by atoms with Crippen LogP contribution < -0.4 is 10.2 Å². The van der Waals surface area contributed by atoms with E-state index >= 15 is 0 Å². The Hall–Kier alpha value is -2.44. The first kappa shape index (κ1) is 13.5. The van der Waals surface area contributed by atoms with Gasteiger partial charge in [-0.3, -0.25) is 4.79 Å². The Morgan fingerprint density at radius 2 is 2.24 bits per heavy atom. The van der Waals surface area contributed by atoms with E-state index in [1.54, 1.807) is 18.6 Å². The molecule has 7 heteroatoms. The summed E-state index contributed by atoms with van der Waals surface area (Å²) in [5.74, 6) is 2.04. The van der Waals surface area contributed by atoms with E-state index in [0.717, 1.165) is 37.0 Å². The van der Waals surface area contributed by atoms with Crippen molar-refractivity contribution in [1.29, 1.82) is 0 Å². The van der Waals surface area contributed by atoms with E-state index in [-0.39, 0.29) is 5.91 Å². The molecule has 2 N–H and O–H groups in total. The highest BCUT2D eigenvalue weighted by Gasteiger charge is 2.27. The number of aromatic amines is 1. The molecule has 2 aromatic rings. The van der Waals surface area contributed by atoms with Crippen molar-refractivity contribution in [2.45, 2.75) is 25.8 Å². The van der Waals surface area contributed by atoms with Gasteiger partial charge in [0.25, 0.3) is 0 Å². The lowest BCUT2D eigenvalue weighted by Gasteiger charge is -2.14. The molecule has 1 aliphatic rings. The van der Waals surface area contributed by atoms with Gasteiger partial charge in [-0.25, -0.2) is 15.0 Å². The summed E-state index contributed by atoms with van der Waals surface area (Å²) in [5, 5.41) is 2.76. The second kappa shape index (κ2) is 5.90. The van der Waals surface area contributed by atoms with Crippen LogP contribution in [0.3, 0.4) is 0 Å². The lowest BCUT2D eigenvalue weighted by atomic mass is 10.1. The minimum absolute atomic E-state index is 0.0422. The van der Waals surface area contributed by atoms with Gasteiger partial charge in [-0.2, -0.15) is 0 Å². The molecule has 0 radical (unpaired) electrons. The summed E-state index contributed by atoms with van der Waals surface area (Å²) in [6.45, 7) is 3.78. The lowest BCUT2D eigenvalue weighted by molar-refractivity contribution is -0.119. The largest absolute Gasteiger partial charge is 0.351 e. The fourth-order valence-electron chi connectivity index (χ4n) is 2.51. The number of anilines is 1. The van der Waals surface area contributed by atoms with Gasteiger partial charge in [0, 0.05) is 38.3 Å². The lowest BCUT2D eigenvalue weighted by Crippen LogP contribution is -2.21. The van der Waals surface area contributed by atoms with Crippen molar-refractivity contribution in [2.24, 2.45) is 0 Å². The Bertz CT molecular complexity index is 611. The van der Waals surface area contributed by atoms with Crippen molar-refractivity contribution in [3.8, 4) is 0 Å². The number of nitrogens with one attached hydrogen (secondary N) is 2. The predicted octanol–water partition coefficient (Wildman–Crippen LogP) is 0.830. The summed E-state index contributed by atoms with van der Waals surface area (Å²) < 4.78 is 0. The second-order valence-corrected chi connectivity index (χ2v) is 5.18. The smallest absolute Gasteiger partial charge is 0.225 e. The zero-order valence-corrected chi connectivity index (χ0v) is 11.9. The van der Waals surface area contributed by atoms with Crippen LogP contribution in [0, 0.1) is 0 Å². The molecule has 110 valence electrons. The van der Waals surface area contributed by atoms with Crippen molar-refractivity contribution in [3.63, 3.8) is 0 Å². The van der Waals surface area contributed by atoms with E-state index in [4.69, 9.17) is 0 Å². The number of carbonyl (C=O) groups excluding carboxylic acids is 1. The van der Waals surface area contributed by atoms with Gasteiger partial charge in [0.2, 0.25) is 11.9 Å². The highest BCUT2D eigenvalue weighted by atomic mass is 16.1. The standard InChI is InChI=1S/C14H18N6O/c1-10(21)17-7-12-8-18-13(19-12)11-3-6-20(9-11)14-15-4-2-5-16-14/h2,4-5,8,11H,3,6-7,9H2,1H3,(H,17,21)(H,18,19)/t11-/m1/s1. The number of nitrogens with zero attached hydrogens (tertiary/aromatic N) is 4. The molecule has 3 rings (SSSR count). The van der Waals surface area contributed by atoms with E-state index in [2.05, 4.69) is 30.2 Å². The van der Waals surface area contributed by atoms with Crippen molar-refractivity contribution < 1.29 is 4.79 Å². The molecule has 1 saturated heterocycles. The molecule has 3 heterocycles. The van der Waals surface area contributed by atoms with Gasteiger partial charge < -0.3 is 15.2 Å². The van der Waals surface area contributed by atoms with Gasteiger partial charge in [0.1, 0.15) is 5.82 Å². The second-order valence-electron chi connectivity index (χ2n) is 5.18. The van der Waals surface area contributed by atoms with E-state index < -0.39 is 0 Å². The third kappa shape index (κ3) is 3.18. The Morgan fingerprint density at radius 1 is 1.43 bits per heavy atom. The Labute approximate surface area is 122 Å². The summed E-state index contributed by atoms with van der Waals surface area (Å²) in [7, 11) is 0. The molecule has 1 aliphatic heterocycles. The molecule has 7 nitrogen and oxygen atoms in total. The summed E-state index contributed by atoms with van der Waals surface area (Å²) in [6.07, 6.45) is 6.32. The molecule has 1 atom stereocenters. The van der Waals surface area contributed by atoms with E-state index in [1.807, 2.05) is 6.07 Å². The van der Waals surface area contributed by atoms with E-state index in [1.165, 1.54) is 6.92 Å². The molecule has 0 aliphatic carbocycles. The van der Waals surface area contributed by atoms with Crippen LogP contribution in [0.25, 0.3) is 0 Å². The third-order valence-corrected chi connectivity index (χ3v) is 3.59. The van der Waals surface area contributed by atoms with E-state index in [0.29, 0.717) is 12.5 Å². The summed E-state index contributed by atoms with van der Waals surface area (Å²) in [6, 6.07) is 1.82. The number of aromatic nitrogens is 4. The maximum absolute atomic E-state index is 10.9. The summed E-state index contributed by atoms with van der Waals surface area (Å²) >= 11 is 0. The molecule has 1 amide bonds. The van der Waals surface area contributed by atoms with Crippen molar-refractivity contribution in [3.05, 3.63) is 36.2 Å². The van der Waals surface area contributed by atoms with Crippen LogP contribution in [-0.2, 0) is 11.3 Å². The number of imidazole rings is 1. The average molecular weight is 286 g/mol. The normalized spacial score (nSPS) is 18.0. The van der Waals surface area contributed by atoms with Crippen molar-refractivity contribution in [1.82, 2.24) is 25.3 Å². The maximum atomic E-state index is 10.9. The number of hydrogen-bond acceptors (Lipinski definition) is 5. The van der Waals surface area contributed by atoms with Gasteiger partial charge in [-0.15, -0.1) is 0 Å². The molecule has 1 fully saturated rings. The molecular weight excluding hydrogens is 268 g/mol. The molecular formula is C14H18N6O. The van der Waals surface area contributed by atoms with Crippen LogP contribution in [0.2, 0.25) is 0 Å². The fraction of sp³-hybridized carbons (Fsp3) is 0.429. The summed E-state index contributed by atoms with van der Waals surface area (Å²) in [5.41, 5.74) is 0.926. The minimum atomic E-state index is -0.0422. The van der Waals surface area contributed by atoms with Crippen LogP contribution in [0.4, 0.5) is 5.95 Å². The predicted molar refractivity (Wildman–Crippen MR) is 77.7 cm³/mol. The van der Waals surface area contributed by atoms with E-state index in [9.17, 15) is 4.79 Å². The van der Waals surface area contributed by atoms with Crippen LogP contribution in [0.5, 0.6) is 0 Å². The number of carbonyl (C=O) groups is 1. The highest BCUT2D eigenvalue weighted by Crippen LogP contribution is 2.27. The fourth-order valence-corrected chi connectivity index (χ4v) is 2.51. The van der Waals surface area contributed by atoms with Gasteiger partial charge >= 0.3 is 0 Å². The zero-order chi connectivity index (χ0) is 14.7. The SMILES string of the molecule is CC(=O)NCc1cnc([C@@H]2CCN(c3ncccn3)C2)[nH]1. The van der Waals surface area contributed by atoms with Crippen LogP contribution in [-0.4, -0.2) is 38.9 Å². The van der Waals surface area contributed by atoms with Gasteiger partial charge in [0.05, 0.1) is 18.4 Å². The first-order chi connectivity index (χ1) is 10.2. The number of amides is 1. The molecule has 0 spiro atoms. The Balaban J connectivity index is 1.62. The highest BCUT2D eigenvalue weighted by molar-refractivity contribution is 5.72. The van der Waals surface area contributed by atoms with Crippen LogP contribution in [0.15, 0.2) is 24.7 Å². The Kier molecular flexibility index (Phi) is 3.81. The molecule has 0 saturated carbocycles. The molecule has 0 aromatic carbocycles. The number of H-pyrrole nitrogens is 1. The topological polar surface area (TPSA) is 86.8 Å². The van der Waals surface area contributed by atoms with Gasteiger partial charge in [-0.1, -0.05) is 0 Å². The van der Waals surface area contributed by atoms with Gasteiger partial charge in [0.15, 0.2) is 0 Å². The average Bonchev–Trinajstić information content (AvgIpc) is 3.15. The maximum Gasteiger partial charge on any atom is 0.225 e. The molecule has 2 aromatic heterocycles. The first-order valence-corrected chi connectivity index (χ1v) is 7.02. The zero-order valence-electron chi connectivity index (χ0n) is 11.9. The van der Waals surface area contributed by atoms with Crippen LogP contribution >= 0.6 is 0 Å². The molecule has 0 bridgehead atoms. The number of rotatable bonds is 4. The minimum Gasteiger partial charge on any atom is -0.351 e. The number of hydrogen-bond donors (Lipinski definition) is 2. The monoisotopic (exact) mass is 286 g/mol. The van der Waals surface area contributed by atoms with Crippen LogP contribution in [0.1, 0.15) is 30.8 Å². The van der Waals surface area contributed by atoms with Crippen molar-refractivity contribution >= 4 is 11.9 Å². The third-order valence-electron chi connectivity index (χ3n) is 3.59. The molecule has 21 heavy (non-hydrogen) atoms. The van der Waals surface area contributed by atoms with Gasteiger partial charge in [-0.05, 0) is 12.5 Å². The van der Waals surface area contributed by atoms with Crippen molar-refractivity contribution in [2.75, 3.05) is 18.0 Å². The quantitative estimate of drug-likeness (QED) is 0.869.